The second-order valence-corrected chi connectivity index (χ2v) is 7.78. The summed E-state index contributed by atoms with van der Waals surface area (Å²) in [6.45, 7) is 3.90. The quantitative estimate of drug-likeness (QED) is 0.831. The highest BCUT2D eigenvalue weighted by molar-refractivity contribution is 7.91. The largest absolute Gasteiger partial charge is 0.491 e. The van der Waals surface area contributed by atoms with Gasteiger partial charge in [0, 0.05) is 29.5 Å². The Morgan fingerprint density at radius 3 is 2.75 bits per heavy atom. The van der Waals surface area contributed by atoms with Gasteiger partial charge in [-0.1, -0.05) is 0 Å². The van der Waals surface area contributed by atoms with Crippen LogP contribution >= 0.6 is 0 Å². The Morgan fingerprint density at radius 1 is 1.35 bits per heavy atom. The molecule has 1 heterocycles. The van der Waals surface area contributed by atoms with Crippen LogP contribution in [0.25, 0.3) is 0 Å². The number of sulfone groups is 1. The highest BCUT2D eigenvalue weighted by Gasteiger charge is 2.24. The van der Waals surface area contributed by atoms with Crippen molar-refractivity contribution in [2.45, 2.75) is 38.8 Å². The van der Waals surface area contributed by atoms with Crippen LogP contribution < -0.4 is 15.8 Å². The summed E-state index contributed by atoms with van der Waals surface area (Å²) in [5.41, 5.74) is 7.26. The average Bonchev–Trinajstić information content (AvgIpc) is 2.25. The predicted octanol–water partition coefficient (Wildman–Crippen LogP) is 2.05. The van der Waals surface area contributed by atoms with Gasteiger partial charge in [0.15, 0.2) is 9.84 Å². The van der Waals surface area contributed by atoms with Gasteiger partial charge < -0.3 is 15.8 Å². The maximum atomic E-state index is 11.6. The summed E-state index contributed by atoms with van der Waals surface area (Å²) in [5, 5.41) is 3.25. The van der Waals surface area contributed by atoms with Crippen LogP contribution in [0.2, 0.25) is 0 Å². The van der Waals surface area contributed by atoms with Crippen LogP contribution in [0, 0.1) is 0 Å². The van der Waals surface area contributed by atoms with Crippen LogP contribution in [0.4, 0.5) is 11.4 Å². The molecular weight excluding hydrogens is 276 g/mol. The molecular formula is C14H22N2O3S. The van der Waals surface area contributed by atoms with Crippen molar-refractivity contribution in [3.63, 3.8) is 0 Å². The monoisotopic (exact) mass is 298 g/mol. The minimum absolute atomic E-state index is 0.0533. The molecule has 1 aliphatic heterocycles. The first kappa shape index (κ1) is 15.0. The topological polar surface area (TPSA) is 81.4 Å². The molecule has 0 aromatic heterocycles. The first-order valence-corrected chi connectivity index (χ1v) is 8.70. The van der Waals surface area contributed by atoms with Gasteiger partial charge >= 0.3 is 0 Å². The number of nitrogens with two attached hydrogens (primary N) is 1. The van der Waals surface area contributed by atoms with Crippen LogP contribution in [0.3, 0.4) is 0 Å². The number of hydrogen-bond donors (Lipinski definition) is 2. The van der Waals surface area contributed by atoms with Crippen molar-refractivity contribution >= 4 is 21.2 Å². The third-order valence-corrected chi connectivity index (χ3v) is 4.96. The zero-order valence-electron chi connectivity index (χ0n) is 11.9. The van der Waals surface area contributed by atoms with Crippen molar-refractivity contribution in [3.05, 3.63) is 18.2 Å². The fourth-order valence-corrected chi connectivity index (χ4v) is 4.05. The molecule has 2 rings (SSSR count). The lowest BCUT2D eigenvalue weighted by Gasteiger charge is -2.24. The summed E-state index contributed by atoms with van der Waals surface area (Å²) in [6, 6.07) is 5.37. The lowest BCUT2D eigenvalue weighted by molar-refractivity contribution is 0.242. The molecule has 0 bridgehead atoms. The minimum Gasteiger partial charge on any atom is -0.491 e. The van der Waals surface area contributed by atoms with Gasteiger partial charge in [0.05, 0.1) is 17.6 Å². The van der Waals surface area contributed by atoms with E-state index in [9.17, 15) is 8.42 Å². The van der Waals surface area contributed by atoms with Gasteiger partial charge in [0.2, 0.25) is 0 Å². The van der Waals surface area contributed by atoms with Crippen molar-refractivity contribution < 1.29 is 13.2 Å². The number of nitrogen functional groups attached to an aromatic ring is 1. The minimum atomic E-state index is -2.92. The molecule has 20 heavy (non-hydrogen) atoms. The molecule has 5 nitrogen and oxygen atoms in total. The molecule has 0 radical (unpaired) electrons. The molecule has 0 saturated carbocycles. The summed E-state index contributed by atoms with van der Waals surface area (Å²) in [5.74, 6) is 1.17. The Labute approximate surface area is 120 Å². The Bertz CT molecular complexity index is 570. The number of benzene rings is 1. The molecule has 1 unspecified atom stereocenters. The molecule has 1 aromatic rings. The van der Waals surface area contributed by atoms with Crippen molar-refractivity contribution in [1.82, 2.24) is 0 Å². The maximum absolute atomic E-state index is 11.6. The molecule has 6 heteroatoms. The summed E-state index contributed by atoms with van der Waals surface area (Å²) in [4.78, 5) is 0. The summed E-state index contributed by atoms with van der Waals surface area (Å²) >= 11 is 0. The van der Waals surface area contributed by atoms with Crippen molar-refractivity contribution in [3.8, 4) is 5.75 Å². The zero-order chi connectivity index (χ0) is 14.8. The van der Waals surface area contributed by atoms with E-state index in [-0.39, 0.29) is 17.9 Å². The smallest absolute Gasteiger partial charge is 0.152 e. The summed E-state index contributed by atoms with van der Waals surface area (Å²) in [6.07, 6.45) is 1.63. The molecule has 1 aromatic carbocycles. The number of rotatable bonds is 4. The van der Waals surface area contributed by atoms with Crippen LogP contribution in [0.5, 0.6) is 5.75 Å². The first-order chi connectivity index (χ1) is 9.34. The Hall–Kier alpha value is -1.43. The second-order valence-electron chi connectivity index (χ2n) is 5.56. The highest BCUT2D eigenvalue weighted by atomic mass is 32.2. The highest BCUT2D eigenvalue weighted by Crippen LogP contribution is 2.25. The van der Waals surface area contributed by atoms with E-state index in [1.165, 1.54) is 0 Å². The molecule has 1 saturated heterocycles. The van der Waals surface area contributed by atoms with Gasteiger partial charge in [-0.15, -0.1) is 0 Å². The Morgan fingerprint density at radius 2 is 2.10 bits per heavy atom. The molecule has 112 valence electrons. The fraction of sp³-hybridized carbons (Fsp3) is 0.571. The van der Waals surface area contributed by atoms with Gasteiger partial charge in [-0.25, -0.2) is 8.42 Å². The predicted molar refractivity (Wildman–Crippen MR) is 81.9 cm³/mol. The fourth-order valence-electron chi connectivity index (χ4n) is 2.42. The lowest BCUT2D eigenvalue weighted by Crippen LogP contribution is -2.34. The maximum Gasteiger partial charge on any atom is 0.152 e. The van der Waals surface area contributed by atoms with E-state index in [0.717, 1.165) is 12.1 Å². The number of nitrogens with one attached hydrogen (secondary N) is 1. The Kier molecular flexibility index (Phi) is 4.42. The third kappa shape index (κ3) is 4.30. The van der Waals surface area contributed by atoms with Gasteiger partial charge in [-0.3, -0.25) is 0 Å². The SMILES string of the molecule is CC(C)Oc1cc(N)cc(NC2CCCS(=O)(=O)C2)c1. The van der Waals surface area contributed by atoms with Gasteiger partial charge in [-0.2, -0.15) is 0 Å². The van der Waals surface area contributed by atoms with E-state index in [0.29, 0.717) is 23.6 Å². The molecule has 0 aliphatic carbocycles. The first-order valence-electron chi connectivity index (χ1n) is 6.88. The van der Waals surface area contributed by atoms with Gasteiger partial charge in [0.1, 0.15) is 5.75 Å². The van der Waals surface area contributed by atoms with Gasteiger partial charge in [-0.05, 0) is 32.8 Å². The van der Waals surface area contributed by atoms with Crippen LogP contribution in [-0.2, 0) is 9.84 Å². The number of anilines is 2. The van der Waals surface area contributed by atoms with Crippen LogP contribution in [0.1, 0.15) is 26.7 Å². The van der Waals surface area contributed by atoms with E-state index in [1.807, 2.05) is 19.9 Å². The van der Waals surface area contributed by atoms with E-state index in [2.05, 4.69) is 5.32 Å². The lowest BCUT2D eigenvalue weighted by atomic mass is 10.1. The second kappa shape index (κ2) is 5.91. The number of hydrogen-bond acceptors (Lipinski definition) is 5. The van der Waals surface area contributed by atoms with Gasteiger partial charge in [0.25, 0.3) is 0 Å². The van der Waals surface area contributed by atoms with E-state index in [4.69, 9.17) is 10.5 Å². The molecule has 0 amide bonds. The van der Waals surface area contributed by atoms with E-state index >= 15 is 0 Å². The molecule has 1 fully saturated rings. The molecule has 1 aliphatic rings. The summed E-state index contributed by atoms with van der Waals surface area (Å²) in [7, 11) is -2.92. The van der Waals surface area contributed by atoms with Crippen molar-refractivity contribution in [1.29, 1.82) is 0 Å². The zero-order valence-corrected chi connectivity index (χ0v) is 12.7. The number of ether oxygens (including phenoxy) is 1. The van der Waals surface area contributed by atoms with E-state index < -0.39 is 9.84 Å². The van der Waals surface area contributed by atoms with Crippen molar-refractivity contribution in [2.75, 3.05) is 22.6 Å². The molecule has 0 spiro atoms. The van der Waals surface area contributed by atoms with Crippen LogP contribution in [-0.4, -0.2) is 32.1 Å². The molecule has 1 atom stereocenters. The normalized spacial score (nSPS) is 21.6. The third-order valence-electron chi connectivity index (χ3n) is 3.13. The standard InChI is InChI=1S/C14H22N2O3S/c1-10(2)19-14-7-11(15)6-13(8-14)16-12-4-3-5-20(17,18)9-12/h6-8,10,12,16H,3-5,9,15H2,1-2H3. The summed E-state index contributed by atoms with van der Waals surface area (Å²) < 4.78 is 28.9. The van der Waals surface area contributed by atoms with Crippen LogP contribution in [0.15, 0.2) is 18.2 Å². The van der Waals surface area contributed by atoms with Crippen molar-refractivity contribution in [2.24, 2.45) is 0 Å². The molecule has 3 N–H and O–H groups in total. The Balaban J connectivity index is 2.10. The van der Waals surface area contributed by atoms with E-state index in [1.54, 1.807) is 12.1 Å². The average molecular weight is 298 g/mol.